The first-order valence-electron chi connectivity index (χ1n) is 4.65. The first-order valence-corrected chi connectivity index (χ1v) is 5.03. The summed E-state index contributed by atoms with van der Waals surface area (Å²) >= 11 is 5.60. The average molecular weight is 226 g/mol. The van der Waals surface area contributed by atoms with Crippen molar-refractivity contribution in [1.82, 2.24) is 0 Å². The van der Waals surface area contributed by atoms with E-state index in [0.717, 1.165) is 11.3 Å². The van der Waals surface area contributed by atoms with Gasteiger partial charge in [0.2, 0.25) is 0 Å². The van der Waals surface area contributed by atoms with Gasteiger partial charge in [0.1, 0.15) is 24.7 Å². The molecule has 3 nitrogen and oxygen atoms in total. The molecule has 1 aliphatic rings. The molecule has 0 aromatic heterocycles. The van der Waals surface area contributed by atoms with E-state index in [2.05, 4.69) is 6.58 Å². The Morgan fingerprint density at radius 2 is 2.47 bits per heavy atom. The predicted octanol–water partition coefficient (Wildman–Crippen LogP) is 2.21. The van der Waals surface area contributed by atoms with Crippen LogP contribution >= 0.6 is 11.6 Å². The summed E-state index contributed by atoms with van der Waals surface area (Å²) in [5.74, 6) is 1.50. The molecule has 1 aromatic rings. The van der Waals surface area contributed by atoms with Crippen LogP contribution in [0.1, 0.15) is 11.6 Å². The molecule has 0 bridgehead atoms. The third-order valence-electron chi connectivity index (χ3n) is 2.20. The van der Waals surface area contributed by atoms with Gasteiger partial charge in [-0.25, -0.2) is 0 Å². The molecule has 0 aliphatic carbocycles. The second kappa shape index (κ2) is 4.13. The summed E-state index contributed by atoms with van der Waals surface area (Å²) in [6.45, 7) is 4.37. The molecule has 80 valence electrons. The van der Waals surface area contributed by atoms with E-state index in [9.17, 15) is 0 Å². The molecule has 0 spiro atoms. The molecular weight excluding hydrogens is 214 g/mol. The summed E-state index contributed by atoms with van der Waals surface area (Å²) in [6, 6.07) is 5.56. The van der Waals surface area contributed by atoms with Gasteiger partial charge in [0.25, 0.3) is 0 Å². The van der Waals surface area contributed by atoms with E-state index in [1.54, 1.807) is 0 Å². The van der Waals surface area contributed by atoms with E-state index in [1.807, 2.05) is 18.2 Å². The van der Waals surface area contributed by atoms with Crippen LogP contribution in [0.5, 0.6) is 11.5 Å². The lowest BCUT2D eigenvalue weighted by Crippen LogP contribution is -2.10. The van der Waals surface area contributed by atoms with Gasteiger partial charge in [-0.2, -0.15) is 0 Å². The molecule has 1 atom stereocenters. The maximum Gasteiger partial charge on any atom is 0.127 e. The Labute approximate surface area is 93.4 Å². The summed E-state index contributed by atoms with van der Waals surface area (Å²) < 4.78 is 10.8. The highest BCUT2D eigenvalue weighted by atomic mass is 35.5. The van der Waals surface area contributed by atoms with E-state index in [-0.39, 0.29) is 6.04 Å². The molecule has 0 radical (unpaired) electrons. The lowest BCUT2D eigenvalue weighted by molar-refractivity contribution is 0.327. The molecule has 1 aromatic carbocycles. The lowest BCUT2D eigenvalue weighted by Gasteiger charge is -2.06. The number of ether oxygens (including phenoxy) is 2. The molecule has 2 rings (SSSR count). The van der Waals surface area contributed by atoms with Gasteiger partial charge in [0.15, 0.2) is 0 Å². The van der Waals surface area contributed by atoms with E-state index >= 15 is 0 Å². The molecule has 0 saturated heterocycles. The number of nitrogens with two attached hydrogens (primary N) is 1. The zero-order valence-corrected chi connectivity index (χ0v) is 8.96. The lowest BCUT2D eigenvalue weighted by atomic mass is 10.1. The van der Waals surface area contributed by atoms with E-state index in [4.69, 9.17) is 26.8 Å². The molecule has 1 heterocycles. The van der Waals surface area contributed by atoms with Crippen LogP contribution in [0.15, 0.2) is 29.8 Å². The van der Waals surface area contributed by atoms with Gasteiger partial charge in [0, 0.05) is 16.7 Å². The van der Waals surface area contributed by atoms with Gasteiger partial charge in [-0.15, -0.1) is 0 Å². The fourth-order valence-corrected chi connectivity index (χ4v) is 1.52. The number of rotatable bonds is 3. The second-order valence-electron chi connectivity index (χ2n) is 3.42. The van der Waals surface area contributed by atoms with Crippen molar-refractivity contribution >= 4 is 11.6 Å². The molecule has 4 heteroatoms. The van der Waals surface area contributed by atoms with Crippen LogP contribution in [-0.2, 0) is 0 Å². The molecule has 2 N–H and O–H groups in total. The van der Waals surface area contributed by atoms with Crippen LogP contribution < -0.4 is 15.2 Å². The summed E-state index contributed by atoms with van der Waals surface area (Å²) in [7, 11) is 0. The zero-order valence-electron chi connectivity index (χ0n) is 8.20. The highest BCUT2D eigenvalue weighted by Gasteiger charge is 2.20. The van der Waals surface area contributed by atoms with Crippen molar-refractivity contribution in [1.29, 1.82) is 0 Å². The quantitative estimate of drug-likeness (QED) is 0.858. The summed E-state index contributed by atoms with van der Waals surface area (Å²) in [4.78, 5) is 0. The van der Waals surface area contributed by atoms with Crippen molar-refractivity contribution in [3.05, 3.63) is 35.4 Å². The highest BCUT2D eigenvalue weighted by Crippen LogP contribution is 2.33. The topological polar surface area (TPSA) is 44.5 Å². The molecule has 15 heavy (non-hydrogen) atoms. The average Bonchev–Trinajstić information content (AvgIpc) is 2.57. The Morgan fingerprint density at radius 3 is 3.20 bits per heavy atom. The number of halogens is 1. The molecule has 0 fully saturated rings. The zero-order chi connectivity index (χ0) is 10.8. The minimum absolute atomic E-state index is 0.0305. The highest BCUT2D eigenvalue weighted by molar-refractivity contribution is 6.29. The minimum Gasteiger partial charge on any atom is -0.491 e. The van der Waals surface area contributed by atoms with Crippen molar-refractivity contribution in [3.8, 4) is 11.5 Å². The van der Waals surface area contributed by atoms with Crippen LogP contribution in [0.3, 0.4) is 0 Å². The maximum atomic E-state index is 5.82. The number of hydrogen-bond acceptors (Lipinski definition) is 3. The van der Waals surface area contributed by atoms with Crippen molar-refractivity contribution in [2.75, 3.05) is 13.2 Å². The van der Waals surface area contributed by atoms with E-state index in [0.29, 0.717) is 24.0 Å². The Kier molecular flexibility index (Phi) is 2.84. The number of fused-ring (bicyclic) bond motifs is 1. The van der Waals surface area contributed by atoms with Crippen LogP contribution in [-0.4, -0.2) is 13.2 Å². The molecule has 1 unspecified atom stereocenters. The first kappa shape index (κ1) is 10.3. The van der Waals surface area contributed by atoms with Gasteiger partial charge >= 0.3 is 0 Å². The van der Waals surface area contributed by atoms with E-state index in [1.165, 1.54) is 0 Å². The Balaban J connectivity index is 2.12. The Morgan fingerprint density at radius 1 is 1.67 bits per heavy atom. The summed E-state index contributed by atoms with van der Waals surface area (Å²) in [6.07, 6.45) is 0. The van der Waals surface area contributed by atoms with Gasteiger partial charge < -0.3 is 15.2 Å². The van der Waals surface area contributed by atoms with E-state index < -0.39 is 0 Å². The fraction of sp³-hybridized carbons (Fsp3) is 0.273. The second-order valence-corrected chi connectivity index (χ2v) is 3.96. The SMILES string of the molecule is C=C(Cl)COc1ccc2c(c1)OCC2N. The third-order valence-corrected chi connectivity index (χ3v) is 2.31. The molecule has 0 amide bonds. The van der Waals surface area contributed by atoms with Gasteiger partial charge in [-0.05, 0) is 12.1 Å². The Bertz CT molecular complexity index is 392. The molecule has 1 aliphatic heterocycles. The Hall–Kier alpha value is -1.19. The van der Waals surface area contributed by atoms with Crippen LogP contribution in [0.2, 0.25) is 0 Å². The number of benzene rings is 1. The van der Waals surface area contributed by atoms with Crippen LogP contribution in [0, 0.1) is 0 Å². The number of hydrogen-bond donors (Lipinski definition) is 1. The minimum atomic E-state index is -0.0305. The smallest absolute Gasteiger partial charge is 0.127 e. The summed E-state index contributed by atoms with van der Waals surface area (Å²) in [5.41, 5.74) is 6.84. The summed E-state index contributed by atoms with van der Waals surface area (Å²) in [5, 5.41) is 0.466. The first-order chi connectivity index (χ1) is 7.16. The van der Waals surface area contributed by atoms with Crippen LogP contribution in [0.4, 0.5) is 0 Å². The van der Waals surface area contributed by atoms with Gasteiger partial charge in [-0.1, -0.05) is 18.2 Å². The van der Waals surface area contributed by atoms with Gasteiger partial charge in [-0.3, -0.25) is 0 Å². The predicted molar refractivity (Wildman–Crippen MR) is 59.4 cm³/mol. The molecule has 0 saturated carbocycles. The van der Waals surface area contributed by atoms with Crippen molar-refractivity contribution in [3.63, 3.8) is 0 Å². The standard InChI is InChI=1S/C11H12ClNO2/c1-7(12)5-14-8-2-3-9-10(13)6-15-11(9)4-8/h2-4,10H,1,5-6,13H2. The maximum absolute atomic E-state index is 5.82. The normalized spacial score (nSPS) is 18.1. The fourth-order valence-electron chi connectivity index (χ4n) is 1.47. The largest absolute Gasteiger partial charge is 0.491 e. The molecular formula is C11H12ClNO2. The van der Waals surface area contributed by atoms with Crippen molar-refractivity contribution in [2.24, 2.45) is 5.73 Å². The monoisotopic (exact) mass is 225 g/mol. The third kappa shape index (κ3) is 2.25. The van der Waals surface area contributed by atoms with Gasteiger partial charge in [0.05, 0.1) is 6.04 Å². The van der Waals surface area contributed by atoms with Crippen molar-refractivity contribution < 1.29 is 9.47 Å². The van der Waals surface area contributed by atoms with Crippen LogP contribution in [0.25, 0.3) is 0 Å². The van der Waals surface area contributed by atoms with Crippen molar-refractivity contribution in [2.45, 2.75) is 6.04 Å².